The van der Waals surface area contributed by atoms with E-state index in [9.17, 15) is 0 Å². The molecular weight excluding hydrogens is 913 g/mol. The molecule has 0 saturated carbocycles. The number of nitrogens with zero attached hydrogens (tertiary/aromatic N) is 4. The molecule has 3 heterocycles. The van der Waals surface area contributed by atoms with E-state index in [1.165, 1.54) is 66.7 Å². The van der Waals surface area contributed by atoms with Crippen molar-refractivity contribution in [2.45, 2.75) is 105 Å². The number of pyridine rings is 1. The third-order valence-corrected chi connectivity index (χ3v) is 15.1. The van der Waals surface area contributed by atoms with Crippen LogP contribution in [0.1, 0.15) is 105 Å². The summed E-state index contributed by atoms with van der Waals surface area (Å²) < 4.78 is 9.16. The summed E-state index contributed by atoms with van der Waals surface area (Å²) in [6.07, 6.45) is 1.93. The molecule has 5 heteroatoms. The van der Waals surface area contributed by atoms with E-state index in [0.29, 0.717) is 6.67 Å². The van der Waals surface area contributed by atoms with Crippen molar-refractivity contribution >= 4 is 44.6 Å². The van der Waals surface area contributed by atoms with Crippen molar-refractivity contribution in [2.24, 2.45) is 0 Å². The van der Waals surface area contributed by atoms with Crippen molar-refractivity contribution in [3.05, 3.63) is 217 Å². The standard InChI is InChI=1S/C70H70N4O/c1-67(2,3)48-34-31-46(32-35-48)47-33-37-54(60(41-47)70(10,11)12)58-26-20-25-57(53-23-13-15-27-59(53)69(7,8)9)66(58)73-45-72(62-29-17-18-30-63(62)73)50-21-19-22-51(43-50)75-52-36-38-56-55-24-14-16-28-61(55)74(64(56)44-52)65-42-49(39-40-71-65)68(4,5)6/h13-44H,45H2,1-12H3. The zero-order chi connectivity index (χ0) is 52.6. The summed E-state index contributed by atoms with van der Waals surface area (Å²) >= 11 is 0. The van der Waals surface area contributed by atoms with E-state index in [1.54, 1.807) is 0 Å². The summed E-state index contributed by atoms with van der Waals surface area (Å²) in [5, 5.41) is 2.34. The summed E-state index contributed by atoms with van der Waals surface area (Å²) in [5.74, 6) is 2.42. The van der Waals surface area contributed by atoms with E-state index in [4.69, 9.17) is 9.72 Å². The number of rotatable bonds is 8. The fraction of sp³-hybridized carbons (Fsp3) is 0.243. The monoisotopic (exact) mass is 983 g/mol. The Morgan fingerprint density at radius 2 is 0.987 bits per heavy atom. The van der Waals surface area contributed by atoms with E-state index >= 15 is 0 Å². The minimum Gasteiger partial charge on any atom is -0.457 e. The molecule has 0 N–H and O–H groups in total. The molecule has 10 aromatic rings. The Balaban J connectivity index is 1.01. The second-order valence-electron chi connectivity index (χ2n) is 24.6. The average Bonchev–Trinajstić information content (AvgIpc) is 3.95. The summed E-state index contributed by atoms with van der Waals surface area (Å²) in [5.41, 5.74) is 19.1. The average molecular weight is 983 g/mol. The van der Waals surface area contributed by atoms with Crippen molar-refractivity contribution < 1.29 is 4.74 Å². The predicted octanol–water partition coefficient (Wildman–Crippen LogP) is 19.4. The van der Waals surface area contributed by atoms with Gasteiger partial charge in [0, 0.05) is 45.9 Å². The maximum atomic E-state index is 6.88. The maximum absolute atomic E-state index is 6.88. The second-order valence-corrected chi connectivity index (χ2v) is 24.6. The quantitative estimate of drug-likeness (QED) is 0.152. The summed E-state index contributed by atoms with van der Waals surface area (Å²) in [7, 11) is 0. The largest absolute Gasteiger partial charge is 0.457 e. The number of ether oxygens (including phenoxy) is 1. The van der Waals surface area contributed by atoms with Crippen LogP contribution >= 0.6 is 0 Å². The molecule has 0 bridgehead atoms. The van der Waals surface area contributed by atoms with Crippen LogP contribution < -0.4 is 14.5 Å². The number of fused-ring (bicyclic) bond motifs is 4. The molecule has 8 aromatic carbocycles. The van der Waals surface area contributed by atoms with Crippen molar-refractivity contribution in [3.8, 4) is 50.7 Å². The van der Waals surface area contributed by atoms with Gasteiger partial charge >= 0.3 is 0 Å². The number of anilines is 4. The molecule has 376 valence electrons. The first kappa shape index (κ1) is 49.3. The third kappa shape index (κ3) is 9.28. The molecule has 0 spiro atoms. The smallest absolute Gasteiger partial charge is 0.137 e. The molecule has 0 amide bonds. The first-order chi connectivity index (χ1) is 35.7. The summed E-state index contributed by atoms with van der Waals surface area (Å²) in [4.78, 5) is 9.90. The highest BCUT2D eigenvalue weighted by molar-refractivity contribution is 6.09. The van der Waals surface area contributed by atoms with Crippen LogP contribution in [0.25, 0.3) is 61.0 Å². The van der Waals surface area contributed by atoms with Crippen molar-refractivity contribution in [1.82, 2.24) is 9.55 Å². The molecule has 0 atom stereocenters. The van der Waals surface area contributed by atoms with Crippen LogP contribution in [0, 0.1) is 0 Å². The van der Waals surface area contributed by atoms with Gasteiger partial charge in [0.15, 0.2) is 0 Å². The Morgan fingerprint density at radius 1 is 0.400 bits per heavy atom. The number of hydrogen-bond donors (Lipinski definition) is 0. The van der Waals surface area contributed by atoms with Crippen LogP contribution in [0.2, 0.25) is 0 Å². The van der Waals surface area contributed by atoms with Crippen LogP contribution in [0.15, 0.2) is 194 Å². The van der Waals surface area contributed by atoms with Crippen LogP contribution in [0.5, 0.6) is 11.5 Å². The zero-order valence-corrected chi connectivity index (χ0v) is 45.9. The van der Waals surface area contributed by atoms with Crippen LogP contribution in [-0.4, -0.2) is 16.2 Å². The molecule has 2 aromatic heterocycles. The molecule has 0 unspecified atom stereocenters. The van der Waals surface area contributed by atoms with Gasteiger partial charge in [0.25, 0.3) is 0 Å². The van der Waals surface area contributed by atoms with E-state index in [-0.39, 0.29) is 21.7 Å². The van der Waals surface area contributed by atoms with Gasteiger partial charge in [-0.2, -0.15) is 0 Å². The molecule has 75 heavy (non-hydrogen) atoms. The summed E-state index contributed by atoms with van der Waals surface area (Å²) in [6.45, 7) is 28.2. The van der Waals surface area contributed by atoms with E-state index in [2.05, 4.69) is 286 Å². The van der Waals surface area contributed by atoms with Crippen molar-refractivity contribution in [3.63, 3.8) is 0 Å². The maximum Gasteiger partial charge on any atom is 0.137 e. The Kier molecular flexibility index (Phi) is 12.2. The highest BCUT2D eigenvalue weighted by atomic mass is 16.5. The molecule has 1 aliphatic rings. The lowest BCUT2D eigenvalue weighted by Crippen LogP contribution is -2.25. The van der Waals surface area contributed by atoms with Crippen LogP contribution in [0.4, 0.5) is 22.7 Å². The van der Waals surface area contributed by atoms with Gasteiger partial charge in [0.2, 0.25) is 0 Å². The highest BCUT2D eigenvalue weighted by Gasteiger charge is 2.34. The minimum absolute atomic E-state index is 0.0196. The minimum atomic E-state index is -0.155. The fourth-order valence-electron chi connectivity index (χ4n) is 11.1. The van der Waals surface area contributed by atoms with Gasteiger partial charge in [0.1, 0.15) is 24.0 Å². The lowest BCUT2D eigenvalue weighted by Gasteiger charge is -2.31. The first-order valence-electron chi connectivity index (χ1n) is 26.6. The van der Waals surface area contributed by atoms with Crippen molar-refractivity contribution in [1.29, 1.82) is 0 Å². The SMILES string of the molecule is CC(C)(C)c1ccc(-c2ccc(-c3cccc(-c4ccccc4C(C)(C)C)c3N3CN(c4cccc(Oc5ccc6c7ccccc7n(-c7cc(C(C)(C)C)ccn7)c6c5)c4)c4ccccc43)c(C(C)(C)C)c2)cc1. The van der Waals surface area contributed by atoms with Crippen LogP contribution in [-0.2, 0) is 21.7 Å². The fourth-order valence-corrected chi connectivity index (χ4v) is 11.1. The molecule has 5 nitrogen and oxygen atoms in total. The Hall–Kier alpha value is -7.89. The van der Waals surface area contributed by atoms with Gasteiger partial charge in [-0.05, 0) is 121 Å². The first-order valence-corrected chi connectivity index (χ1v) is 26.6. The lowest BCUT2D eigenvalue weighted by atomic mass is 9.78. The molecular formula is C70H70N4O. The molecule has 0 aliphatic carbocycles. The van der Waals surface area contributed by atoms with E-state index in [0.717, 1.165) is 50.8 Å². The van der Waals surface area contributed by atoms with Gasteiger partial charge in [-0.1, -0.05) is 204 Å². The second kappa shape index (κ2) is 18.5. The molecule has 0 saturated heterocycles. The van der Waals surface area contributed by atoms with E-state index < -0.39 is 0 Å². The molecule has 0 fully saturated rings. The number of benzene rings is 8. The van der Waals surface area contributed by atoms with Gasteiger partial charge in [0.05, 0.1) is 28.1 Å². The van der Waals surface area contributed by atoms with Crippen LogP contribution in [0.3, 0.4) is 0 Å². The lowest BCUT2D eigenvalue weighted by molar-refractivity contribution is 0.483. The van der Waals surface area contributed by atoms with Gasteiger partial charge in [-0.25, -0.2) is 4.98 Å². The van der Waals surface area contributed by atoms with E-state index in [1.807, 2.05) is 6.20 Å². The summed E-state index contributed by atoms with van der Waals surface area (Å²) in [6, 6.07) is 69.0. The third-order valence-electron chi connectivity index (χ3n) is 15.1. The predicted molar refractivity (Wildman–Crippen MR) is 318 cm³/mol. The van der Waals surface area contributed by atoms with Gasteiger partial charge in [-0.3, -0.25) is 4.57 Å². The normalized spacial score (nSPS) is 13.2. The number of aromatic nitrogens is 2. The Morgan fingerprint density at radius 3 is 1.69 bits per heavy atom. The molecule has 11 rings (SSSR count). The highest BCUT2D eigenvalue weighted by Crippen LogP contribution is 2.53. The number of para-hydroxylation sites is 4. The van der Waals surface area contributed by atoms with Gasteiger partial charge < -0.3 is 14.5 Å². The Bertz CT molecular complexity index is 3770. The molecule has 0 radical (unpaired) electrons. The number of hydrogen-bond acceptors (Lipinski definition) is 4. The zero-order valence-electron chi connectivity index (χ0n) is 45.9. The topological polar surface area (TPSA) is 33.5 Å². The van der Waals surface area contributed by atoms with Crippen molar-refractivity contribution in [2.75, 3.05) is 16.5 Å². The Labute approximate surface area is 445 Å². The molecule has 1 aliphatic heterocycles. The van der Waals surface area contributed by atoms with Gasteiger partial charge in [-0.15, -0.1) is 0 Å².